The van der Waals surface area contributed by atoms with Crippen molar-refractivity contribution < 1.29 is 4.79 Å². The van der Waals surface area contributed by atoms with Crippen LogP contribution in [0.4, 0.5) is 5.69 Å². The Morgan fingerprint density at radius 1 is 1.62 bits per heavy atom. The molecule has 1 aromatic rings. The average Bonchev–Trinajstić information content (AvgIpc) is 3.31. The van der Waals surface area contributed by atoms with E-state index in [1.807, 2.05) is 13.8 Å². The first kappa shape index (κ1) is 15.2. The summed E-state index contributed by atoms with van der Waals surface area (Å²) in [6.45, 7) is 4.35. The first-order valence-electron chi connectivity index (χ1n) is 7.10. The molecule has 1 amide bonds. The summed E-state index contributed by atoms with van der Waals surface area (Å²) >= 11 is 0. The van der Waals surface area contributed by atoms with Crippen molar-refractivity contribution in [3.05, 3.63) is 17.7 Å². The highest BCUT2D eigenvalue weighted by Crippen LogP contribution is 2.29. The molecule has 2 rings (SSSR count). The number of carbonyl (C=O) groups excluding carboxylic acids is 1. The number of nitrogens with two attached hydrogens (primary N) is 1. The van der Waals surface area contributed by atoms with Crippen LogP contribution in [0.3, 0.4) is 0 Å². The number of nitriles is 1. The second-order valence-corrected chi connectivity index (χ2v) is 5.43. The van der Waals surface area contributed by atoms with Crippen molar-refractivity contribution >= 4 is 11.6 Å². The van der Waals surface area contributed by atoms with Gasteiger partial charge in [-0.1, -0.05) is 13.8 Å². The summed E-state index contributed by atoms with van der Waals surface area (Å²) in [6, 6.07) is 2.30. The zero-order valence-corrected chi connectivity index (χ0v) is 12.3. The van der Waals surface area contributed by atoms with E-state index in [9.17, 15) is 4.79 Å². The molecule has 1 saturated carbocycles. The molecule has 1 aliphatic carbocycles. The van der Waals surface area contributed by atoms with Crippen molar-refractivity contribution in [1.82, 2.24) is 14.9 Å². The van der Waals surface area contributed by atoms with Gasteiger partial charge in [0.05, 0.1) is 24.4 Å². The number of anilines is 1. The van der Waals surface area contributed by atoms with E-state index in [1.54, 1.807) is 4.90 Å². The molecule has 0 aromatic carbocycles. The van der Waals surface area contributed by atoms with Gasteiger partial charge in [-0.05, 0) is 12.8 Å². The maximum absolute atomic E-state index is 12.7. The van der Waals surface area contributed by atoms with Crippen LogP contribution in [-0.4, -0.2) is 33.4 Å². The van der Waals surface area contributed by atoms with Crippen LogP contribution in [0.2, 0.25) is 0 Å². The molecule has 7 heteroatoms. The summed E-state index contributed by atoms with van der Waals surface area (Å²) in [5, 5.41) is 8.74. The zero-order valence-electron chi connectivity index (χ0n) is 12.3. The minimum absolute atomic E-state index is 0.122. The van der Waals surface area contributed by atoms with Crippen LogP contribution in [0.15, 0.2) is 6.20 Å². The van der Waals surface area contributed by atoms with Crippen LogP contribution in [0.5, 0.6) is 0 Å². The summed E-state index contributed by atoms with van der Waals surface area (Å²) in [5.74, 6) is 5.99. The van der Waals surface area contributed by atoms with E-state index in [2.05, 4.69) is 21.5 Å². The van der Waals surface area contributed by atoms with E-state index >= 15 is 0 Å². The Balaban J connectivity index is 2.31. The van der Waals surface area contributed by atoms with Crippen molar-refractivity contribution in [2.24, 2.45) is 5.84 Å². The Morgan fingerprint density at radius 2 is 2.33 bits per heavy atom. The van der Waals surface area contributed by atoms with Gasteiger partial charge in [-0.25, -0.2) is 9.97 Å². The first-order chi connectivity index (χ1) is 10.1. The van der Waals surface area contributed by atoms with E-state index < -0.39 is 0 Å². The fourth-order valence-corrected chi connectivity index (χ4v) is 2.08. The molecule has 0 atom stereocenters. The number of aromatic nitrogens is 2. The van der Waals surface area contributed by atoms with Gasteiger partial charge in [0.25, 0.3) is 5.91 Å². The molecule has 7 nitrogen and oxygen atoms in total. The predicted molar refractivity (Wildman–Crippen MR) is 78.2 cm³/mol. The topological polar surface area (TPSA) is 108 Å². The number of nitrogen functional groups attached to an aromatic ring is 1. The largest absolute Gasteiger partial charge is 0.333 e. The number of carbonyl (C=O) groups is 1. The molecule has 3 N–H and O–H groups in total. The van der Waals surface area contributed by atoms with Gasteiger partial charge in [0.1, 0.15) is 5.82 Å². The first-order valence-corrected chi connectivity index (χ1v) is 7.10. The van der Waals surface area contributed by atoms with Crippen molar-refractivity contribution in [2.45, 2.75) is 45.1 Å². The van der Waals surface area contributed by atoms with Gasteiger partial charge in [-0.15, -0.1) is 0 Å². The van der Waals surface area contributed by atoms with Gasteiger partial charge in [0, 0.05) is 18.5 Å². The van der Waals surface area contributed by atoms with Crippen LogP contribution < -0.4 is 11.3 Å². The highest BCUT2D eigenvalue weighted by molar-refractivity contribution is 5.97. The number of nitrogens with zero attached hydrogens (tertiary/aromatic N) is 4. The lowest BCUT2D eigenvalue weighted by Gasteiger charge is -2.22. The van der Waals surface area contributed by atoms with Gasteiger partial charge >= 0.3 is 0 Å². The Kier molecular flexibility index (Phi) is 4.70. The second-order valence-electron chi connectivity index (χ2n) is 5.43. The normalized spacial score (nSPS) is 13.9. The lowest BCUT2D eigenvalue weighted by atomic mass is 10.2. The molecule has 21 heavy (non-hydrogen) atoms. The molecule has 112 valence electrons. The zero-order chi connectivity index (χ0) is 15.4. The van der Waals surface area contributed by atoms with E-state index in [-0.39, 0.29) is 23.6 Å². The molecule has 0 spiro atoms. The monoisotopic (exact) mass is 288 g/mol. The molecule has 0 bridgehead atoms. The van der Waals surface area contributed by atoms with Gasteiger partial charge in [-0.3, -0.25) is 10.6 Å². The molecule has 0 unspecified atom stereocenters. The Bertz CT molecular complexity index is 561. The molecule has 0 radical (unpaired) electrons. The molecule has 1 fully saturated rings. The molecule has 1 heterocycles. The maximum Gasteiger partial charge on any atom is 0.275 e. The highest BCUT2D eigenvalue weighted by Gasteiger charge is 2.34. The van der Waals surface area contributed by atoms with Crippen molar-refractivity contribution in [3.63, 3.8) is 0 Å². The van der Waals surface area contributed by atoms with Crippen LogP contribution in [-0.2, 0) is 0 Å². The minimum atomic E-state index is -0.190. The Morgan fingerprint density at radius 3 is 2.86 bits per heavy atom. The Hall–Kier alpha value is -2.20. The Labute approximate surface area is 124 Å². The third kappa shape index (κ3) is 3.47. The minimum Gasteiger partial charge on any atom is -0.333 e. The van der Waals surface area contributed by atoms with E-state index in [1.165, 1.54) is 6.20 Å². The van der Waals surface area contributed by atoms with Crippen LogP contribution >= 0.6 is 0 Å². The van der Waals surface area contributed by atoms with Crippen LogP contribution in [0.25, 0.3) is 0 Å². The number of rotatable bonds is 6. The van der Waals surface area contributed by atoms with Crippen molar-refractivity contribution in [1.29, 1.82) is 5.26 Å². The summed E-state index contributed by atoms with van der Waals surface area (Å²) < 4.78 is 0. The molecular formula is C14H20N6O. The lowest BCUT2D eigenvalue weighted by molar-refractivity contribution is 0.0741. The molecular weight excluding hydrogens is 268 g/mol. The maximum atomic E-state index is 12.7. The third-order valence-electron chi connectivity index (χ3n) is 3.39. The average molecular weight is 288 g/mol. The number of amides is 1. The van der Waals surface area contributed by atoms with Gasteiger partial charge < -0.3 is 10.3 Å². The van der Waals surface area contributed by atoms with E-state index in [0.29, 0.717) is 24.5 Å². The summed E-state index contributed by atoms with van der Waals surface area (Å²) in [4.78, 5) is 23.0. The van der Waals surface area contributed by atoms with E-state index in [4.69, 9.17) is 11.1 Å². The number of hydrogen-bond donors (Lipinski definition) is 2. The fraction of sp³-hybridized carbons (Fsp3) is 0.571. The summed E-state index contributed by atoms with van der Waals surface area (Å²) in [6.07, 6.45) is 3.80. The van der Waals surface area contributed by atoms with Crippen molar-refractivity contribution in [2.75, 3.05) is 12.0 Å². The predicted octanol–water partition coefficient (Wildman–Crippen LogP) is 1.40. The molecule has 1 aromatic heterocycles. The quantitative estimate of drug-likeness (QED) is 0.605. The lowest BCUT2D eigenvalue weighted by Crippen LogP contribution is -2.35. The molecule has 1 aliphatic rings. The van der Waals surface area contributed by atoms with Gasteiger partial charge in [0.2, 0.25) is 0 Å². The number of nitrogens with one attached hydrogen (secondary N) is 1. The van der Waals surface area contributed by atoms with Gasteiger partial charge in [-0.2, -0.15) is 5.26 Å². The number of hydrogen-bond acceptors (Lipinski definition) is 6. The smallest absolute Gasteiger partial charge is 0.275 e. The van der Waals surface area contributed by atoms with Crippen molar-refractivity contribution in [3.8, 4) is 6.07 Å². The number of hydrazine groups is 1. The van der Waals surface area contributed by atoms with E-state index in [0.717, 1.165) is 12.8 Å². The summed E-state index contributed by atoms with van der Waals surface area (Å²) in [7, 11) is 0. The van der Waals surface area contributed by atoms with Crippen LogP contribution in [0.1, 0.15) is 55.3 Å². The third-order valence-corrected chi connectivity index (χ3v) is 3.39. The fourth-order valence-electron chi connectivity index (χ4n) is 2.08. The van der Waals surface area contributed by atoms with Gasteiger partial charge in [0.15, 0.2) is 5.69 Å². The highest BCUT2D eigenvalue weighted by atomic mass is 16.2. The second kappa shape index (κ2) is 6.50. The summed E-state index contributed by atoms with van der Waals surface area (Å²) in [5.41, 5.74) is 3.16. The standard InChI is InChI=1S/C14H20N6O/c1-9(2)13-17-8-11(19-16)12(18-13)14(21)20(7-3-6-15)10-4-5-10/h8-10,19H,3-5,7,16H2,1-2H3. The SMILES string of the molecule is CC(C)c1ncc(NN)c(C(=O)N(CCC#N)C2CC2)n1. The molecule has 0 aliphatic heterocycles. The van der Waals surface area contributed by atoms with Crippen LogP contribution in [0, 0.1) is 11.3 Å². The molecule has 0 saturated heterocycles.